The number of amides is 2. The summed E-state index contributed by atoms with van der Waals surface area (Å²) in [5, 5.41) is 15.4. The number of aryl methyl sites for hydroxylation is 1. The van der Waals surface area contributed by atoms with Crippen LogP contribution in [0.1, 0.15) is 22.4 Å². The zero-order chi connectivity index (χ0) is 18.5. The van der Waals surface area contributed by atoms with E-state index in [4.69, 9.17) is 0 Å². The van der Waals surface area contributed by atoms with Crippen molar-refractivity contribution in [2.24, 2.45) is 10.2 Å². The molecule has 0 spiro atoms. The minimum Gasteiger partial charge on any atom is -0.326 e. The van der Waals surface area contributed by atoms with Crippen LogP contribution in [-0.2, 0) is 9.59 Å². The molecule has 1 fully saturated rings. The quantitative estimate of drug-likeness (QED) is 0.611. The van der Waals surface area contributed by atoms with Gasteiger partial charge in [0.25, 0.3) is 0 Å². The van der Waals surface area contributed by atoms with Crippen LogP contribution in [0.15, 0.2) is 45.9 Å². The molecule has 2 N–H and O–H groups in total. The van der Waals surface area contributed by atoms with Crippen molar-refractivity contribution >= 4 is 52.0 Å². The highest BCUT2D eigenvalue weighted by atomic mass is 32.2. The molecule has 2 aromatic rings. The number of hydrogen-bond donors (Lipinski definition) is 2. The minimum atomic E-state index is -0.504. The Bertz CT molecular complexity index is 875. The lowest BCUT2D eigenvalue weighted by Crippen LogP contribution is -2.28. The fourth-order valence-electron chi connectivity index (χ4n) is 2.35. The second kappa shape index (κ2) is 8.29. The smallest absolute Gasteiger partial charge is 0.240 e. The Hall–Kier alpha value is -2.45. The van der Waals surface area contributed by atoms with Crippen molar-refractivity contribution in [3.63, 3.8) is 0 Å². The van der Waals surface area contributed by atoms with Crippen molar-refractivity contribution in [2.45, 2.75) is 25.5 Å². The number of carbonyl (C=O) groups excluding carboxylic acids is 2. The van der Waals surface area contributed by atoms with E-state index in [-0.39, 0.29) is 18.2 Å². The Kier molecular flexibility index (Phi) is 5.85. The summed E-state index contributed by atoms with van der Waals surface area (Å²) in [4.78, 5) is 25.3. The summed E-state index contributed by atoms with van der Waals surface area (Å²) in [6.45, 7) is 3.95. The van der Waals surface area contributed by atoms with E-state index in [9.17, 15) is 9.59 Å². The Labute approximate surface area is 159 Å². The van der Waals surface area contributed by atoms with Gasteiger partial charge >= 0.3 is 0 Å². The van der Waals surface area contributed by atoms with Gasteiger partial charge in [-0.3, -0.25) is 9.59 Å². The molecule has 0 aliphatic carbocycles. The third-order valence-corrected chi connectivity index (χ3v) is 5.78. The van der Waals surface area contributed by atoms with Gasteiger partial charge in [-0.2, -0.15) is 5.10 Å². The molecule has 3 rings (SSSR count). The van der Waals surface area contributed by atoms with E-state index in [1.165, 1.54) is 11.8 Å². The number of thiophene rings is 1. The first-order valence-electron chi connectivity index (χ1n) is 8.01. The molecule has 2 amide bonds. The number of carbonyl (C=O) groups is 2. The van der Waals surface area contributed by atoms with Gasteiger partial charge in [-0.25, -0.2) is 0 Å². The van der Waals surface area contributed by atoms with Gasteiger partial charge in [0.2, 0.25) is 11.8 Å². The Balaban J connectivity index is 1.57. The number of hydrogen-bond acceptors (Lipinski definition) is 6. The number of rotatable bonds is 5. The Morgan fingerprint density at radius 2 is 2.15 bits per heavy atom. The molecule has 1 aromatic carbocycles. The van der Waals surface area contributed by atoms with Gasteiger partial charge in [0, 0.05) is 17.0 Å². The lowest BCUT2D eigenvalue weighted by Gasteiger charge is -2.11. The largest absolute Gasteiger partial charge is 0.326 e. The zero-order valence-electron chi connectivity index (χ0n) is 14.4. The van der Waals surface area contributed by atoms with Gasteiger partial charge in [0.05, 0.1) is 6.21 Å². The summed E-state index contributed by atoms with van der Waals surface area (Å²) < 4.78 is 0. The molecular formula is C18H18N4O2S2. The average molecular weight is 387 g/mol. The maximum Gasteiger partial charge on any atom is 0.240 e. The van der Waals surface area contributed by atoms with Gasteiger partial charge in [-0.15, -0.1) is 16.4 Å². The minimum absolute atomic E-state index is 0.0809. The van der Waals surface area contributed by atoms with E-state index in [1.807, 2.05) is 49.6 Å². The lowest BCUT2D eigenvalue weighted by atomic mass is 10.1. The van der Waals surface area contributed by atoms with E-state index in [0.717, 1.165) is 21.7 Å². The Morgan fingerprint density at radius 3 is 2.92 bits per heavy atom. The third-order valence-electron chi connectivity index (χ3n) is 3.90. The van der Waals surface area contributed by atoms with E-state index >= 15 is 0 Å². The van der Waals surface area contributed by atoms with E-state index in [2.05, 4.69) is 20.8 Å². The monoisotopic (exact) mass is 386 g/mol. The molecule has 6 nitrogen and oxygen atoms in total. The first-order valence-corrected chi connectivity index (χ1v) is 9.77. The normalized spacial score (nSPS) is 18.5. The maximum atomic E-state index is 12.3. The maximum absolute atomic E-state index is 12.3. The highest BCUT2D eigenvalue weighted by Gasteiger charge is 2.32. The van der Waals surface area contributed by atoms with Gasteiger partial charge in [0.1, 0.15) is 5.25 Å². The van der Waals surface area contributed by atoms with Crippen molar-refractivity contribution in [3.8, 4) is 0 Å². The molecule has 1 aromatic heterocycles. The molecule has 0 bridgehead atoms. The number of amidine groups is 1. The van der Waals surface area contributed by atoms with Gasteiger partial charge in [-0.1, -0.05) is 30.0 Å². The number of benzene rings is 1. The Morgan fingerprint density at radius 1 is 1.31 bits per heavy atom. The highest BCUT2D eigenvalue weighted by molar-refractivity contribution is 8.15. The summed E-state index contributed by atoms with van der Waals surface area (Å²) in [6, 6.07) is 9.59. The summed E-state index contributed by atoms with van der Waals surface area (Å²) in [5.41, 5.74) is 2.90. The molecule has 134 valence electrons. The molecular weight excluding hydrogens is 368 g/mol. The standard InChI is InChI=1S/C18H18N4O2S2/c1-11-5-3-7-14(12(11)2)20-16(23)9-15-17(24)21-18(26-15)22-19-10-13-6-4-8-25-13/h3-8,10,15H,9H2,1-2H3,(H,20,23)(H,21,22,24)/b19-10+/t15-/m0/s1. The van der Waals surface area contributed by atoms with Crippen LogP contribution in [-0.4, -0.2) is 28.4 Å². The predicted octanol–water partition coefficient (Wildman–Crippen LogP) is 3.32. The fraction of sp³-hybridized carbons (Fsp3) is 0.222. The highest BCUT2D eigenvalue weighted by Crippen LogP contribution is 2.24. The molecule has 1 saturated heterocycles. The van der Waals surface area contributed by atoms with Gasteiger partial charge in [-0.05, 0) is 42.5 Å². The van der Waals surface area contributed by atoms with Crippen molar-refractivity contribution in [1.29, 1.82) is 0 Å². The van der Waals surface area contributed by atoms with Gasteiger partial charge in [0.15, 0.2) is 5.17 Å². The lowest BCUT2D eigenvalue weighted by molar-refractivity contribution is -0.122. The molecule has 1 atom stereocenters. The third kappa shape index (κ3) is 4.59. The van der Waals surface area contributed by atoms with Gasteiger partial charge < -0.3 is 10.6 Å². The summed E-state index contributed by atoms with van der Waals surface area (Å²) in [6.07, 6.45) is 1.71. The second-order valence-corrected chi connectivity index (χ2v) is 7.93. The SMILES string of the molecule is Cc1cccc(NC(=O)C[C@@H]2S/C(=N/N=C/c3cccs3)NC2=O)c1C. The molecule has 2 heterocycles. The van der Waals surface area contributed by atoms with Crippen LogP contribution in [0.5, 0.6) is 0 Å². The molecule has 0 unspecified atom stereocenters. The van der Waals surface area contributed by atoms with Crippen LogP contribution in [0.2, 0.25) is 0 Å². The first kappa shape index (κ1) is 18.3. The number of thioether (sulfide) groups is 1. The summed E-state index contributed by atoms with van der Waals surface area (Å²) in [7, 11) is 0. The van der Waals surface area contributed by atoms with Crippen LogP contribution < -0.4 is 10.6 Å². The van der Waals surface area contributed by atoms with Crippen molar-refractivity contribution in [3.05, 3.63) is 51.7 Å². The number of nitrogens with zero attached hydrogens (tertiary/aromatic N) is 2. The average Bonchev–Trinajstić information content (AvgIpc) is 3.22. The van der Waals surface area contributed by atoms with Crippen LogP contribution in [0.25, 0.3) is 0 Å². The van der Waals surface area contributed by atoms with Crippen molar-refractivity contribution in [2.75, 3.05) is 5.32 Å². The first-order chi connectivity index (χ1) is 12.5. The predicted molar refractivity (Wildman–Crippen MR) is 108 cm³/mol. The van der Waals surface area contributed by atoms with E-state index < -0.39 is 5.25 Å². The van der Waals surface area contributed by atoms with E-state index in [1.54, 1.807) is 17.6 Å². The molecule has 0 radical (unpaired) electrons. The summed E-state index contributed by atoms with van der Waals surface area (Å²) >= 11 is 2.77. The number of nitrogens with one attached hydrogen (secondary N) is 2. The topological polar surface area (TPSA) is 82.9 Å². The number of anilines is 1. The van der Waals surface area contributed by atoms with Crippen LogP contribution >= 0.6 is 23.1 Å². The molecule has 0 saturated carbocycles. The van der Waals surface area contributed by atoms with Crippen LogP contribution in [0.3, 0.4) is 0 Å². The van der Waals surface area contributed by atoms with Crippen molar-refractivity contribution in [1.82, 2.24) is 5.32 Å². The molecule has 1 aliphatic heterocycles. The second-order valence-electron chi connectivity index (χ2n) is 5.76. The van der Waals surface area contributed by atoms with Crippen LogP contribution in [0, 0.1) is 13.8 Å². The van der Waals surface area contributed by atoms with Crippen molar-refractivity contribution < 1.29 is 9.59 Å². The summed E-state index contributed by atoms with van der Waals surface area (Å²) in [5.74, 6) is -0.425. The molecule has 1 aliphatic rings. The zero-order valence-corrected chi connectivity index (χ0v) is 16.0. The molecule has 8 heteroatoms. The van der Waals surface area contributed by atoms with Crippen LogP contribution in [0.4, 0.5) is 5.69 Å². The molecule has 26 heavy (non-hydrogen) atoms. The fourth-order valence-corrected chi connectivity index (χ4v) is 3.85. The van der Waals surface area contributed by atoms with E-state index in [0.29, 0.717) is 5.17 Å².